The molecule has 16 heavy (non-hydrogen) atoms. The molecule has 0 aliphatic heterocycles. The van der Waals surface area contributed by atoms with Crippen LogP contribution >= 0.6 is 0 Å². The highest BCUT2D eigenvalue weighted by Crippen LogP contribution is 2.19. The van der Waals surface area contributed by atoms with Crippen molar-refractivity contribution in [1.82, 2.24) is 9.97 Å². The third-order valence-electron chi connectivity index (χ3n) is 2.16. The highest BCUT2D eigenvalue weighted by Gasteiger charge is 2.05. The standard InChI is InChI=1S/C12H15N3O/c1-3-6-13-12-14-9(2)8-10(15-12)11-5-4-7-16-11/h4-5,7-8H,3,6H2,1-2H3,(H,13,14,15). The molecule has 4 nitrogen and oxygen atoms in total. The van der Waals surface area contributed by atoms with Gasteiger partial charge >= 0.3 is 0 Å². The minimum atomic E-state index is 0.660. The van der Waals surface area contributed by atoms with Crippen molar-refractivity contribution < 1.29 is 4.42 Å². The first-order valence-electron chi connectivity index (χ1n) is 5.43. The van der Waals surface area contributed by atoms with E-state index in [4.69, 9.17) is 4.42 Å². The minimum absolute atomic E-state index is 0.660. The number of aromatic nitrogens is 2. The van der Waals surface area contributed by atoms with Gasteiger partial charge in [0.05, 0.1) is 6.26 Å². The largest absolute Gasteiger partial charge is 0.463 e. The van der Waals surface area contributed by atoms with Crippen LogP contribution in [0.4, 0.5) is 5.95 Å². The second-order valence-electron chi connectivity index (χ2n) is 3.62. The number of nitrogens with one attached hydrogen (secondary N) is 1. The van der Waals surface area contributed by atoms with E-state index in [1.54, 1.807) is 6.26 Å². The topological polar surface area (TPSA) is 51.0 Å². The molecule has 2 aromatic heterocycles. The molecule has 0 bridgehead atoms. The maximum atomic E-state index is 5.32. The van der Waals surface area contributed by atoms with E-state index in [-0.39, 0.29) is 0 Å². The predicted octanol–water partition coefficient (Wildman–Crippen LogP) is 2.87. The molecule has 0 unspecified atom stereocenters. The normalized spacial score (nSPS) is 10.4. The van der Waals surface area contributed by atoms with E-state index in [9.17, 15) is 0 Å². The van der Waals surface area contributed by atoms with Crippen LogP contribution in [0.15, 0.2) is 28.9 Å². The zero-order valence-corrected chi connectivity index (χ0v) is 9.53. The molecule has 0 atom stereocenters. The highest BCUT2D eigenvalue weighted by molar-refractivity contribution is 5.54. The number of rotatable bonds is 4. The lowest BCUT2D eigenvalue weighted by atomic mass is 10.3. The van der Waals surface area contributed by atoms with Gasteiger partial charge in [0.25, 0.3) is 0 Å². The molecule has 0 fully saturated rings. The van der Waals surface area contributed by atoms with Crippen LogP contribution < -0.4 is 5.32 Å². The molecule has 0 saturated carbocycles. The van der Waals surface area contributed by atoms with Gasteiger partial charge in [0, 0.05) is 12.2 Å². The molecule has 0 radical (unpaired) electrons. The van der Waals surface area contributed by atoms with E-state index < -0.39 is 0 Å². The Morgan fingerprint density at radius 2 is 2.25 bits per heavy atom. The van der Waals surface area contributed by atoms with Gasteiger partial charge in [0.2, 0.25) is 5.95 Å². The fraction of sp³-hybridized carbons (Fsp3) is 0.333. The molecular weight excluding hydrogens is 202 g/mol. The molecule has 0 amide bonds. The van der Waals surface area contributed by atoms with Gasteiger partial charge in [-0.2, -0.15) is 0 Å². The molecule has 2 heterocycles. The lowest BCUT2D eigenvalue weighted by molar-refractivity contribution is 0.580. The van der Waals surface area contributed by atoms with Crippen LogP contribution in [0, 0.1) is 6.92 Å². The fourth-order valence-electron chi connectivity index (χ4n) is 1.43. The Morgan fingerprint density at radius 1 is 1.38 bits per heavy atom. The zero-order chi connectivity index (χ0) is 11.4. The van der Waals surface area contributed by atoms with E-state index >= 15 is 0 Å². The molecule has 4 heteroatoms. The van der Waals surface area contributed by atoms with Crippen molar-refractivity contribution in [3.8, 4) is 11.5 Å². The summed E-state index contributed by atoms with van der Waals surface area (Å²) in [5, 5.41) is 3.17. The molecule has 0 spiro atoms. The smallest absolute Gasteiger partial charge is 0.223 e. The molecule has 2 rings (SSSR count). The summed E-state index contributed by atoms with van der Waals surface area (Å²) in [6.07, 6.45) is 2.69. The summed E-state index contributed by atoms with van der Waals surface area (Å²) in [5.41, 5.74) is 1.75. The lowest BCUT2D eigenvalue weighted by Crippen LogP contribution is -2.05. The first kappa shape index (κ1) is 10.7. The molecule has 1 N–H and O–H groups in total. The second kappa shape index (κ2) is 4.79. The average Bonchev–Trinajstić information content (AvgIpc) is 2.79. The molecule has 0 aliphatic carbocycles. The summed E-state index contributed by atoms with van der Waals surface area (Å²) in [6.45, 7) is 4.93. The third kappa shape index (κ3) is 2.39. The number of furan rings is 1. The van der Waals surface area contributed by atoms with E-state index in [1.165, 1.54) is 0 Å². The molecule has 84 valence electrons. The van der Waals surface area contributed by atoms with Crippen LogP contribution in [0.1, 0.15) is 19.0 Å². The predicted molar refractivity (Wildman–Crippen MR) is 63.3 cm³/mol. The number of aryl methyl sites for hydroxylation is 1. The maximum absolute atomic E-state index is 5.32. The quantitative estimate of drug-likeness (QED) is 0.855. The Kier molecular flexibility index (Phi) is 3.19. The lowest BCUT2D eigenvalue weighted by Gasteiger charge is -2.05. The van der Waals surface area contributed by atoms with Crippen LogP contribution in [-0.4, -0.2) is 16.5 Å². The Hall–Kier alpha value is -1.84. The first-order valence-corrected chi connectivity index (χ1v) is 5.43. The monoisotopic (exact) mass is 217 g/mol. The van der Waals surface area contributed by atoms with E-state index in [0.717, 1.165) is 30.1 Å². The molecule has 0 aliphatic rings. The van der Waals surface area contributed by atoms with Gasteiger partial charge in [-0.3, -0.25) is 0 Å². The average molecular weight is 217 g/mol. The number of hydrogen-bond acceptors (Lipinski definition) is 4. The van der Waals surface area contributed by atoms with E-state index in [1.807, 2.05) is 25.1 Å². The summed E-state index contributed by atoms with van der Waals surface area (Å²) in [4.78, 5) is 8.71. The molecule has 0 aromatic carbocycles. The molecule has 2 aromatic rings. The second-order valence-corrected chi connectivity index (χ2v) is 3.62. The Labute approximate surface area is 94.7 Å². The van der Waals surface area contributed by atoms with Crippen LogP contribution in [0.2, 0.25) is 0 Å². The zero-order valence-electron chi connectivity index (χ0n) is 9.53. The number of nitrogens with zero attached hydrogens (tertiary/aromatic N) is 2. The summed E-state index contributed by atoms with van der Waals surface area (Å²) in [6, 6.07) is 5.66. The van der Waals surface area contributed by atoms with Crippen LogP contribution in [0.25, 0.3) is 11.5 Å². The Balaban J connectivity index is 2.29. The van der Waals surface area contributed by atoms with Crippen molar-refractivity contribution >= 4 is 5.95 Å². The van der Waals surface area contributed by atoms with Crippen LogP contribution in [0.5, 0.6) is 0 Å². The molecule has 0 saturated heterocycles. The SMILES string of the molecule is CCCNc1nc(C)cc(-c2ccco2)n1. The van der Waals surface area contributed by atoms with Crippen LogP contribution in [-0.2, 0) is 0 Å². The van der Waals surface area contributed by atoms with Crippen LogP contribution in [0.3, 0.4) is 0 Å². The van der Waals surface area contributed by atoms with Gasteiger partial charge in [0.1, 0.15) is 5.69 Å². The first-order chi connectivity index (χ1) is 7.79. The van der Waals surface area contributed by atoms with Crippen molar-refractivity contribution in [2.24, 2.45) is 0 Å². The molecular formula is C12H15N3O. The number of anilines is 1. The van der Waals surface area contributed by atoms with Crippen molar-refractivity contribution in [3.05, 3.63) is 30.2 Å². The summed E-state index contributed by atoms with van der Waals surface area (Å²) < 4.78 is 5.32. The summed E-state index contributed by atoms with van der Waals surface area (Å²) >= 11 is 0. The van der Waals surface area contributed by atoms with Gasteiger partial charge in [-0.05, 0) is 31.5 Å². The van der Waals surface area contributed by atoms with Crippen molar-refractivity contribution in [3.63, 3.8) is 0 Å². The Bertz CT molecular complexity index is 451. The third-order valence-corrected chi connectivity index (χ3v) is 2.16. The minimum Gasteiger partial charge on any atom is -0.463 e. The summed E-state index contributed by atoms with van der Waals surface area (Å²) in [7, 11) is 0. The number of hydrogen-bond donors (Lipinski definition) is 1. The van der Waals surface area contributed by atoms with Gasteiger partial charge in [-0.15, -0.1) is 0 Å². The maximum Gasteiger partial charge on any atom is 0.223 e. The Morgan fingerprint density at radius 3 is 2.94 bits per heavy atom. The summed E-state index contributed by atoms with van der Waals surface area (Å²) in [5.74, 6) is 1.43. The van der Waals surface area contributed by atoms with Crippen molar-refractivity contribution in [2.45, 2.75) is 20.3 Å². The van der Waals surface area contributed by atoms with Gasteiger partial charge in [-0.1, -0.05) is 6.92 Å². The van der Waals surface area contributed by atoms with Gasteiger partial charge in [-0.25, -0.2) is 9.97 Å². The van der Waals surface area contributed by atoms with Gasteiger partial charge in [0.15, 0.2) is 5.76 Å². The van der Waals surface area contributed by atoms with Gasteiger partial charge < -0.3 is 9.73 Å². The van der Waals surface area contributed by atoms with Crippen molar-refractivity contribution in [2.75, 3.05) is 11.9 Å². The van der Waals surface area contributed by atoms with E-state index in [2.05, 4.69) is 22.2 Å². The highest BCUT2D eigenvalue weighted by atomic mass is 16.3. The fourth-order valence-corrected chi connectivity index (χ4v) is 1.43. The van der Waals surface area contributed by atoms with E-state index in [0.29, 0.717) is 5.95 Å². The van der Waals surface area contributed by atoms with Crippen molar-refractivity contribution in [1.29, 1.82) is 0 Å².